The largest absolute Gasteiger partial charge is 0.387 e. The Balaban J connectivity index is 2.63. The first-order valence-corrected chi connectivity index (χ1v) is 3.44. The topological polar surface area (TPSA) is 49.9 Å². The van der Waals surface area contributed by atoms with E-state index in [4.69, 9.17) is 11.1 Å². The summed E-state index contributed by atoms with van der Waals surface area (Å²) < 4.78 is 0. The van der Waals surface area contributed by atoms with Gasteiger partial charge in [0.2, 0.25) is 0 Å². The van der Waals surface area contributed by atoms with Crippen molar-refractivity contribution in [1.82, 2.24) is 0 Å². The third-order valence-electron chi connectivity index (χ3n) is 2.43. The monoisotopic (exact) mass is 126 g/mol. The molecule has 0 aromatic carbocycles. The molecule has 1 aliphatic carbocycles. The third kappa shape index (κ3) is 0.824. The normalized spacial score (nSPS) is 22.1. The Morgan fingerprint density at radius 1 is 1.56 bits per heavy atom. The highest BCUT2D eigenvalue weighted by Crippen LogP contribution is 2.51. The van der Waals surface area contributed by atoms with E-state index in [0.717, 1.165) is 12.8 Å². The molecule has 0 aromatic heterocycles. The molecule has 0 atom stereocenters. The molecule has 0 unspecified atom stereocenters. The van der Waals surface area contributed by atoms with Gasteiger partial charge in [0.15, 0.2) is 0 Å². The van der Waals surface area contributed by atoms with E-state index in [0.29, 0.717) is 11.8 Å². The van der Waals surface area contributed by atoms with Crippen LogP contribution in [0.4, 0.5) is 0 Å². The van der Waals surface area contributed by atoms with Crippen LogP contribution in [0.25, 0.3) is 0 Å². The van der Waals surface area contributed by atoms with Crippen LogP contribution in [0.5, 0.6) is 0 Å². The van der Waals surface area contributed by atoms with Crippen LogP contribution in [-0.4, -0.2) is 5.84 Å². The summed E-state index contributed by atoms with van der Waals surface area (Å²) in [5.41, 5.74) is 5.53. The van der Waals surface area contributed by atoms with Gasteiger partial charge in [-0.1, -0.05) is 13.8 Å². The van der Waals surface area contributed by atoms with Crippen LogP contribution >= 0.6 is 0 Å². The molecule has 0 amide bonds. The first kappa shape index (κ1) is 6.59. The van der Waals surface area contributed by atoms with Crippen molar-refractivity contribution in [3.05, 3.63) is 0 Å². The molecule has 1 aliphatic rings. The highest BCUT2D eigenvalue weighted by Gasteiger charge is 2.48. The lowest BCUT2D eigenvalue weighted by molar-refractivity contribution is 0.472. The van der Waals surface area contributed by atoms with Crippen molar-refractivity contribution < 1.29 is 0 Å². The summed E-state index contributed by atoms with van der Waals surface area (Å²) >= 11 is 0. The number of nitrogens with two attached hydrogens (primary N) is 1. The molecule has 0 bridgehead atoms. The molecular formula is C7H14N2. The van der Waals surface area contributed by atoms with E-state index in [9.17, 15) is 0 Å². The molecule has 0 aromatic rings. The molecule has 9 heavy (non-hydrogen) atoms. The van der Waals surface area contributed by atoms with Crippen LogP contribution in [0.2, 0.25) is 0 Å². The average molecular weight is 126 g/mol. The van der Waals surface area contributed by atoms with E-state index in [2.05, 4.69) is 13.8 Å². The van der Waals surface area contributed by atoms with Gasteiger partial charge in [-0.2, -0.15) is 0 Å². The zero-order valence-corrected chi connectivity index (χ0v) is 6.07. The Bertz CT molecular complexity index is 134. The van der Waals surface area contributed by atoms with Crippen molar-refractivity contribution in [3.63, 3.8) is 0 Å². The summed E-state index contributed by atoms with van der Waals surface area (Å²) in [5.74, 6) is 0.938. The van der Waals surface area contributed by atoms with Gasteiger partial charge in [-0.25, -0.2) is 0 Å². The second-order valence-corrected chi connectivity index (χ2v) is 3.22. The molecule has 0 aliphatic heterocycles. The molecule has 2 nitrogen and oxygen atoms in total. The lowest BCUT2D eigenvalue weighted by Gasteiger charge is -2.16. The quantitative estimate of drug-likeness (QED) is 0.426. The molecule has 1 saturated carbocycles. The van der Waals surface area contributed by atoms with Gasteiger partial charge in [0, 0.05) is 5.41 Å². The van der Waals surface area contributed by atoms with Gasteiger partial charge in [0.05, 0.1) is 5.84 Å². The molecule has 0 saturated heterocycles. The maximum Gasteiger partial charge on any atom is 0.0971 e. The number of rotatable bonds is 2. The Kier molecular flexibility index (Phi) is 1.26. The Morgan fingerprint density at radius 3 is 2.00 bits per heavy atom. The Morgan fingerprint density at radius 2 is 2.00 bits per heavy atom. The zero-order chi connectivity index (χ0) is 7.07. The lowest BCUT2D eigenvalue weighted by atomic mass is 9.91. The second-order valence-electron chi connectivity index (χ2n) is 3.22. The first-order chi connectivity index (χ1) is 4.09. The first-order valence-electron chi connectivity index (χ1n) is 3.44. The van der Waals surface area contributed by atoms with E-state index in [1.54, 1.807) is 0 Å². The van der Waals surface area contributed by atoms with E-state index in [1.165, 1.54) is 0 Å². The summed E-state index contributed by atoms with van der Waals surface area (Å²) in [6.07, 6.45) is 2.25. The summed E-state index contributed by atoms with van der Waals surface area (Å²) in [7, 11) is 0. The minimum Gasteiger partial charge on any atom is -0.387 e. The Hall–Kier alpha value is -0.530. The van der Waals surface area contributed by atoms with Gasteiger partial charge in [-0.15, -0.1) is 0 Å². The standard InChI is InChI=1S/C7H14N2/c1-5(2)7(3-4-7)6(8)9/h5H,3-4H2,1-2H3,(H3,8,9). The predicted octanol–water partition coefficient (Wildman–Crippen LogP) is 1.36. The SMILES string of the molecule is CC(C)C1(C(=N)N)CC1. The maximum absolute atomic E-state index is 7.27. The highest BCUT2D eigenvalue weighted by atomic mass is 14.8. The number of amidine groups is 1. The predicted molar refractivity (Wildman–Crippen MR) is 38.4 cm³/mol. The molecule has 0 heterocycles. The minimum absolute atomic E-state index is 0.111. The molecule has 0 spiro atoms. The van der Waals surface area contributed by atoms with E-state index < -0.39 is 0 Å². The fourth-order valence-electron chi connectivity index (χ4n) is 1.29. The van der Waals surface area contributed by atoms with Crippen molar-refractivity contribution >= 4 is 5.84 Å². The van der Waals surface area contributed by atoms with Gasteiger partial charge in [-0.3, -0.25) is 5.41 Å². The third-order valence-corrected chi connectivity index (χ3v) is 2.43. The van der Waals surface area contributed by atoms with Crippen LogP contribution in [0, 0.1) is 16.7 Å². The minimum atomic E-state index is 0.111. The van der Waals surface area contributed by atoms with E-state index in [1.807, 2.05) is 0 Å². The molecule has 1 fully saturated rings. The van der Waals surface area contributed by atoms with Crippen LogP contribution in [-0.2, 0) is 0 Å². The van der Waals surface area contributed by atoms with Gasteiger partial charge >= 0.3 is 0 Å². The van der Waals surface area contributed by atoms with E-state index >= 15 is 0 Å². The fraction of sp³-hybridized carbons (Fsp3) is 0.857. The highest BCUT2D eigenvalue weighted by molar-refractivity contribution is 5.86. The average Bonchev–Trinajstić information content (AvgIpc) is 2.40. The summed E-state index contributed by atoms with van der Waals surface area (Å²) in [4.78, 5) is 0. The van der Waals surface area contributed by atoms with Crippen molar-refractivity contribution in [3.8, 4) is 0 Å². The van der Waals surface area contributed by atoms with E-state index in [-0.39, 0.29) is 5.41 Å². The van der Waals surface area contributed by atoms with Gasteiger partial charge < -0.3 is 5.73 Å². The van der Waals surface area contributed by atoms with Gasteiger partial charge in [0.25, 0.3) is 0 Å². The molecule has 1 rings (SSSR count). The number of nitrogens with one attached hydrogen (secondary N) is 1. The summed E-state index contributed by atoms with van der Waals surface area (Å²) in [6.45, 7) is 4.27. The van der Waals surface area contributed by atoms with Crippen molar-refractivity contribution in [2.24, 2.45) is 17.1 Å². The van der Waals surface area contributed by atoms with Gasteiger partial charge in [0.1, 0.15) is 0 Å². The van der Waals surface area contributed by atoms with Crippen LogP contribution in [0.15, 0.2) is 0 Å². The van der Waals surface area contributed by atoms with Crippen molar-refractivity contribution in [2.75, 3.05) is 0 Å². The van der Waals surface area contributed by atoms with Crippen molar-refractivity contribution in [2.45, 2.75) is 26.7 Å². The van der Waals surface area contributed by atoms with Crippen molar-refractivity contribution in [1.29, 1.82) is 5.41 Å². The maximum atomic E-state index is 7.27. The van der Waals surface area contributed by atoms with Gasteiger partial charge in [-0.05, 0) is 18.8 Å². The molecule has 2 heteroatoms. The zero-order valence-electron chi connectivity index (χ0n) is 6.07. The van der Waals surface area contributed by atoms with Crippen LogP contribution in [0.1, 0.15) is 26.7 Å². The summed E-state index contributed by atoms with van der Waals surface area (Å²) in [6, 6.07) is 0. The summed E-state index contributed by atoms with van der Waals surface area (Å²) in [5, 5.41) is 7.27. The van der Waals surface area contributed by atoms with Crippen LogP contribution in [0.3, 0.4) is 0 Å². The molecule has 0 radical (unpaired) electrons. The van der Waals surface area contributed by atoms with Crippen LogP contribution < -0.4 is 5.73 Å². The second kappa shape index (κ2) is 1.72. The fourth-order valence-corrected chi connectivity index (χ4v) is 1.29. The number of hydrogen-bond acceptors (Lipinski definition) is 1. The molecule has 52 valence electrons. The lowest BCUT2D eigenvalue weighted by Crippen LogP contribution is -2.28. The number of hydrogen-bond donors (Lipinski definition) is 2. The molecular weight excluding hydrogens is 112 g/mol. The molecule has 3 N–H and O–H groups in total. The smallest absolute Gasteiger partial charge is 0.0971 e. The Labute approximate surface area is 55.9 Å².